The van der Waals surface area contributed by atoms with Crippen molar-refractivity contribution in [1.29, 1.82) is 0 Å². The van der Waals surface area contributed by atoms with Gasteiger partial charge in [-0.05, 0) is 25.1 Å². The molecule has 16 heavy (non-hydrogen) atoms. The van der Waals surface area contributed by atoms with Gasteiger partial charge in [-0.3, -0.25) is 0 Å². The van der Waals surface area contributed by atoms with Crippen LogP contribution in [-0.4, -0.2) is 13.1 Å². The number of hydrogen-bond acceptors (Lipinski definition) is 3. The van der Waals surface area contributed by atoms with Crippen molar-refractivity contribution in [3.05, 3.63) is 35.4 Å². The molecule has 90 valence electrons. The molecule has 1 aromatic rings. The van der Waals surface area contributed by atoms with Gasteiger partial charge in [0.05, 0.1) is 7.11 Å². The van der Waals surface area contributed by atoms with E-state index in [0.717, 1.165) is 25.3 Å². The first-order valence-electron chi connectivity index (χ1n) is 4.22. The Kier molecular flexibility index (Phi) is 4.83. The standard InChI is InChI=1S/C10H11F2NO2.ClH/c1-10(13,9(14)15-2)7-5-6(11)3-4-8(7)12;/h3-5H,13H2,1-2H3;1H. The second-order valence-corrected chi connectivity index (χ2v) is 3.32. The van der Waals surface area contributed by atoms with Crippen molar-refractivity contribution in [3.63, 3.8) is 0 Å². The number of hydrogen-bond donors (Lipinski definition) is 1. The van der Waals surface area contributed by atoms with Crippen LogP contribution in [0, 0.1) is 11.6 Å². The van der Waals surface area contributed by atoms with Gasteiger partial charge < -0.3 is 10.5 Å². The van der Waals surface area contributed by atoms with Crippen LogP contribution in [-0.2, 0) is 15.1 Å². The first-order chi connectivity index (χ1) is 6.89. The van der Waals surface area contributed by atoms with E-state index in [-0.39, 0.29) is 18.0 Å². The van der Waals surface area contributed by atoms with Gasteiger partial charge in [0.15, 0.2) is 0 Å². The van der Waals surface area contributed by atoms with Gasteiger partial charge in [-0.25, -0.2) is 13.6 Å². The Morgan fingerprint density at radius 2 is 2.00 bits per heavy atom. The van der Waals surface area contributed by atoms with E-state index in [0.29, 0.717) is 0 Å². The quantitative estimate of drug-likeness (QED) is 0.815. The van der Waals surface area contributed by atoms with Gasteiger partial charge in [0, 0.05) is 5.56 Å². The molecule has 0 spiro atoms. The lowest BCUT2D eigenvalue weighted by atomic mass is 9.93. The molecule has 0 radical (unpaired) electrons. The number of ether oxygens (including phenoxy) is 1. The average Bonchev–Trinajstić information content (AvgIpc) is 2.20. The molecule has 0 saturated carbocycles. The maximum Gasteiger partial charge on any atom is 0.330 e. The molecule has 1 rings (SSSR count). The Morgan fingerprint density at radius 3 is 2.50 bits per heavy atom. The first-order valence-corrected chi connectivity index (χ1v) is 4.22. The fourth-order valence-electron chi connectivity index (χ4n) is 1.22. The van der Waals surface area contributed by atoms with Gasteiger partial charge in [0.2, 0.25) is 0 Å². The number of methoxy groups -OCH3 is 1. The largest absolute Gasteiger partial charge is 0.467 e. The number of carbonyl (C=O) groups is 1. The van der Waals surface area contributed by atoms with Crippen LogP contribution in [0.1, 0.15) is 12.5 Å². The SMILES string of the molecule is COC(=O)C(C)(N)c1cc(F)ccc1F.Cl. The maximum absolute atomic E-state index is 13.3. The summed E-state index contributed by atoms with van der Waals surface area (Å²) in [6, 6.07) is 2.75. The second-order valence-electron chi connectivity index (χ2n) is 3.32. The molecule has 1 aromatic carbocycles. The van der Waals surface area contributed by atoms with Crippen molar-refractivity contribution >= 4 is 18.4 Å². The zero-order valence-corrected chi connectivity index (χ0v) is 9.61. The van der Waals surface area contributed by atoms with E-state index in [1.54, 1.807) is 0 Å². The van der Waals surface area contributed by atoms with Crippen LogP contribution in [0.3, 0.4) is 0 Å². The van der Waals surface area contributed by atoms with Crippen molar-refractivity contribution in [1.82, 2.24) is 0 Å². The molecule has 0 amide bonds. The summed E-state index contributed by atoms with van der Waals surface area (Å²) in [6.07, 6.45) is 0. The molecule has 2 N–H and O–H groups in total. The number of carbonyl (C=O) groups excluding carboxylic acids is 1. The van der Waals surface area contributed by atoms with Crippen LogP contribution in [0.2, 0.25) is 0 Å². The molecule has 0 fully saturated rings. The van der Waals surface area contributed by atoms with Crippen molar-refractivity contribution < 1.29 is 18.3 Å². The molecular weight excluding hydrogens is 240 g/mol. The van der Waals surface area contributed by atoms with Crippen LogP contribution < -0.4 is 5.73 Å². The van der Waals surface area contributed by atoms with Crippen molar-refractivity contribution in [2.75, 3.05) is 7.11 Å². The smallest absolute Gasteiger partial charge is 0.330 e. The highest BCUT2D eigenvalue weighted by Gasteiger charge is 2.34. The third kappa shape index (κ3) is 2.68. The molecule has 1 atom stereocenters. The predicted molar refractivity (Wildman–Crippen MR) is 57.2 cm³/mol. The fraction of sp³-hybridized carbons (Fsp3) is 0.300. The monoisotopic (exact) mass is 251 g/mol. The van der Waals surface area contributed by atoms with Gasteiger partial charge in [0.1, 0.15) is 17.2 Å². The minimum atomic E-state index is -1.69. The van der Waals surface area contributed by atoms with E-state index < -0.39 is 23.1 Å². The third-order valence-corrected chi connectivity index (χ3v) is 2.10. The van der Waals surface area contributed by atoms with Gasteiger partial charge in [0.25, 0.3) is 0 Å². The Balaban J connectivity index is 0.00000225. The van der Waals surface area contributed by atoms with E-state index >= 15 is 0 Å². The Bertz CT molecular complexity index is 396. The number of esters is 1. The molecule has 0 aliphatic carbocycles. The molecular formula is C10H12ClF2NO2. The highest BCUT2D eigenvalue weighted by atomic mass is 35.5. The van der Waals surface area contributed by atoms with Crippen LogP contribution in [0.15, 0.2) is 18.2 Å². The molecule has 0 aliphatic rings. The molecule has 6 heteroatoms. The van der Waals surface area contributed by atoms with E-state index in [1.807, 2.05) is 0 Å². The number of rotatable bonds is 2. The molecule has 0 heterocycles. The normalized spacial score (nSPS) is 13.6. The van der Waals surface area contributed by atoms with Crippen LogP contribution in [0.25, 0.3) is 0 Å². The van der Waals surface area contributed by atoms with E-state index in [1.165, 1.54) is 6.92 Å². The fourth-order valence-corrected chi connectivity index (χ4v) is 1.22. The highest BCUT2D eigenvalue weighted by Crippen LogP contribution is 2.23. The zero-order valence-electron chi connectivity index (χ0n) is 8.79. The van der Waals surface area contributed by atoms with Gasteiger partial charge in [-0.2, -0.15) is 0 Å². The molecule has 0 bridgehead atoms. The second kappa shape index (κ2) is 5.23. The summed E-state index contributed by atoms with van der Waals surface area (Å²) < 4.78 is 30.6. The molecule has 0 aliphatic heterocycles. The summed E-state index contributed by atoms with van der Waals surface area (Å²) in [4.78, 5) is 11.3. The van der Waals surface area contributed by atoms with Crippen molar-refractivity contribution in [3.8, 4) is 0 Å². The van der Waals surface area contributed by atoms with Crippen molar-refractivity contribution in [2.24, 2.45) is 5.73 Å². The third-order valence-electron chi connectivity index (χ3n) is 2.10. The van der Waals surface area contributed by atoms with Crippen LogP contribution in [0.5, 0.6) is 0 Å². The Labute approximate surface area is 98.0 Å². The summed E-state index contributed by atoms with van der Waals surface area (Å²) in [5.74, 6) is -2.23. The maximum atomic E-state index is 13.3. The summed E-state index contributed by atoms with van der Waals surface area (Å²) >= 11 is 0. The van der Waals surface area contributed by atoms with Crippen LogP contribution in [0.4, 0.5) is 8.78 Å². The minimum Gasteiger partial charge on any atom is -0.467 e. The summed E-state index contributed by atoms with van der Waals surface area (Å²) in [7, 11) is 1.13. The van der Waals surface area contributed by atoms with E-state index in [9.17, 15) is 13.6 Å². The lowest BCUT2D eigenvalue weighted by Crippen LogP contribution is -2.43. The predicted octanol–water partition coefficient (Wildman–Crippen LogP) is 1.73. The minimum absolute atomic E-state index is 0. The van der Waals surface area contributed by atoms with E-state index in [2.05, 4.69) is 4.74 Å². The number of benzene rings is 1. The number of halogens is 3. The van der Waals surface area contributed by atoms with Gasteiger partial charge in [-0.15, -0.1) is 12.4 Å². The zero-order chi connectivity index (χ0) is 11.6. The Morgan fingerprint density at radius 1 is 1.44 bits per heavy atom. The number of nitrogens with two attached hydrogens (primary N) is 1. The lowest BCUT2D eigenvalue weighted by molar-refractivity contribution is -0.146. The molecule has 3 nitrogen and oxygen atoms in total. The summed E-state index contributed by atoms with van der Waals surface area (Å²) in [5.41, 5.74) is 3.66. The highest BCUT2D eigenvalue weighted by molar-refractivity contribution is 5.85. The lowest BCUT2D eigenvalue weighted by Gasteiger charge is -2.22. The average molecular weight is 252 g/mol. The first kappa shape index (κ1) is 14.8. The van der Waals surface area contributed by atoms with Crippen molar-refractivity contribution in [2.45, 2.75) is 12.5 Å². The molecule has 0 aromatic heterocycles. The van der Waals surface area contributed by atoms with Gasteiger partial charge >= 0.3 is 5.97 Å². The topological polar surface area (TPSA) is 52.3 Å². The summed E-state index contributed by atoms with van der Waals surface area (Å²) in [5, 5.41) is 0. The van der Waals surface area contributed by atoms with E-state index in [4.69, 9.17) is 5.73 Å². The van der Waals surface area contributed by atoms with Crippen LogP contribution >= 0.6 is 12.4 Å². The molecule has 1 unspecified atom stereocenters. The summed E-state index contributed by atoms with van der Waals surface area (Å²) in [6.45, 7) is 1.26. The van der Waals surface area contributed by atoms with Gasteiger partial charge in [-0.1, -0.05) is 0 Å². The Hall–Kier alpha value is -1.20. The molecule has 0 saturated heterocycles.